The Kier molecular flexibility index (Phi) is 5.96. The molecule has 1 aromatic carbocycles. The molecule has 2 fully saturated rings. The van der Waals surface area contributed by atoms with E-state index in [0.717, 1.165) is 5.56 Å². The number of carbonyl (C=O) groups is 3. The highest BCUT2D eigenvalue weighted by Crippen LogP contribution is 2.29. The van der Waals surface area contributed by atoms with Crippen LogP contribution in [-0.4, -0.2) is 53.8 Å². The number of aryl methyl sites for hydroxylation is 1. The Balaban J connectivity index is 1.53. The number of furan rings is 1. The van der Waals surface area contributed by atoms with Crippen LogP contribution in [0.1, 0.15) is 42.8 Å². The second-order valence-corrected chi connectivity index (χ2v) is 8.68. The van der Waals surface area contributed by atoms with Crippen molar-refractivity contribution in [1.29, 1.82) is 0 Å². The fraction of sp³-hybridized carbons (Fsp3) is 0.458. The van der Waals surface area contributed by atoms with E-state index in [2.05, 4.69) is 5.32 Å². The van der Waals surface area contributed by atoms with Gasteiger partial charge in [0.1, 0.15) is 30.2 Å². The van der Waals surface area contributed by atoms with Gasteiger partial charge in [0.25, 0.3) is 5.91 Å². The van der Waals surface area contributed by atoms with Gasteiger partial charge in [0.2, 0.25) is 5.91 Å². The fourth-order valence-electron chi connectivity index (χ4n) is 4.42. The number of hydrogen-bond donors (Lipinski definition) is 1. The van der Waals surface area contributed by atoms with E-state index in [1.807, 2.05) is 44.2 Å². The van der Waals surface area contributed by atoms with Crippen LogP contribution in [0, 0.1) is 12.8 Å². The normalized spacial score (nSPS) is 21.4. The van der Waals surface area contributed by atoms with E-state index in [0.29, 0.717) is 36.5 Å². The summed E-state index contributed by atoms with van der Waals surface area (Å²) in [5.74, 6) is 0.640. The maximum absolute atomic E-state index is 13.3. The van der Waals surface area contributed by atoms with Gasteiger partial charge < -0.3 is 19.4 Å². The fourth-order valence-corrected chi connectivity index (χ4v) is 4.42. The average Bonchev–Trinajstić information content (AvgIpc) is 3.44. The Labute approximate surface area is 181 Å². The standard InChI is InChI=1S/C24H28N2O5/c1-14(2)11-18(24(29)26-10-9-20-22(26)19(27)13-30-20)25-23(28)17-12-21(31-15(17)3)16-7-5-4-6-8-16/h4-8,12,14,18,20,22H,9-11,13H2,1-3H3,(H,25,28). The summed E-state index contributed by atoms with van der Waals surface area (Å²) in [6.45, 7) is 6.25. The van der Waals surface area contributed by atoms with E-state index >= 15 is 0 Å². The molecule has 2 amide bonds. The lowest BCUT2D eigenvalue weighted by Crippen LogP contribution is -2.52. The van der Waals surface area contributed by atoms with Gasteiger partial charge in [0.05, 0.1) is 11.7 Å². The third-order valence-electron chi connectivity index (χ3n) is 5.93. The zero-order valence-corrected chi connectivity index (χ0v) is 18.1. The first-order valence-corrected chi connectivity index (χ1v) is 10.8. The number of ether oxygens (including phenoxy) is 1. The SMILES string of the molecule is Cc1oc(-c2ccccc2)cc1C(=O)NC(CC(C)C)C(=O)N1CCC2OCC(=O)C21. The number of Topliss-reactive ketones (excluding diaryl/α,β-unsaturated/α-hetero) is 1. The van der Waals surface area contributed by atoms with Crippen LogP contribution >= 0.6 is 0 Å². The Morgan fingerprint density at radius 2 is 1.97 bits per heavy atom. The first-order valence-electron chi connectivity index (χ1n) is 10.8. The number of ketones is 1. The summed E-state index contributed by atoms with van der Waals surface area (Å²) in [7, 11) is 0. The average molecular weight is 424 g/mol. The summed E-state index contributed by atoms with van der Waals surface area (Å²) in [5, 5.41) is 2.90. The number of hydrogen-bond acceptors (Lipinski definition) is 5. The van der Waals surface area contributed by atoms with Crippen LogP contribution in [0.2, 0.25) is 0 Å². The van der Waals surface area contributed by atoms with E-state index in [-0.39, 0.29) is 36.2 Å². The van der Waals surface area contributed by atoms with Gasteiger partial charge in [0, 0.05) is 12.1 Å². The van der Waals surface area contributed by atoms with Crippen molar-refractivity contribution in [2.24, 2.45) is 5.92 Å². The predicted molar refractivity (Wildman–Crippen MR) is 114 cm³/mol. The molecule has 1 N–H and O–H groups in total. The molecule has 3 heterocycles. The molecule has 4 rings (SSSR count). The molecule has 2 aliphatic heterocycles. The Morgan fingerprint density at radius 1 is 1.23 bits per heavy atom. The molecule has 2 saturated heterocycles. The summed E-state index contributed by atoms with van der Waals surface area (Å²) in [6, 6.07) is 10.0. The summed E-state index contributed by atoms with van der Waals surface area (Å²) < 4.78 is 11.3. The zero-order valence-electron chi connectivity index (χ0n) is 18.1. The molecule has 3 unspecified atom stereocenters. The molecule has 164 valence electrons. The summed E-state index contributed by atoms with van der Waals surface area (Å²) in [4.78, 5) is 40.2. The van der Waals surface area contributed by atoms with Crippen LogP contribution in [0.4, 0.5) is 0 Å². The lowest BCUT2D eigenvalue weighted by Gasteiger charge is -2.28. The van der Waals surface area contributed by atoms with Gasteiger partial charge in [-0.05, 0) is 31.7 Å². The third kappa shape index (κ3) is 4.28. The van der Waals surface area contributed by atoms with Gasteiger partial charge in [-0.1, -0.05) is 44.2 Å². The number of likely N-dealkylation sites (tertiary alicyclic amines) is 1. The van der Waals surface area contributed by atoms with Crippen molar-refractivity contribution < 1.29 is 23.5 Å². The summed E-state index contributed by atoms with van der Waals surface area (Å²) in [5.41, 5.74) is 1.28. The molecule has 0 bridgehead atoms. The van der Waals surface area contributed by atoms with Crippen LogP contribution in [0.5, 0.6) is 0 Å². The maximum Gasteiger partial charge on any atom is 0.255 e. The molecule has 3 atom stereocenters. The highest BCUT2D eigenvalue weighted by Gasteiger charge is 2.48. The molecule has 0 spiro atoms. The highest BCUT2D eigenvalue weighted by molar-refractivity contribution is 6.00. The largest absolute Gasteiger partial charge is 0.461 e. The van der Waals surface area contributed by atoms with Crippen molar-refractivity contribution >= 4 is 17.6 Å². The number of nitrogens with one attached hydrogen (secondary N) is 1. The number of benzene rings is 1. The Bertz CT molecular complexity index is 981. The molecule has 7 heteroatoms. The van der Waals surface area contributed by atoms with Gasteiger partial charge in [-0.3, -0.25) is 14.4 Å². The first kappa shape index (κ1) is 21.3. The zero-order chi connectivity index (χ0) is 22.1. The van der Waals surface area contributed by atoms with Gasteiger partial charge >= 0.3 is 0 Å². The van der Waals surface area contributed by atoms with Crippen molar-refractivity contribution in [3.63, 3.8) is 0 Å². The van der Waals surface area contributed by atoms with Crippen LogP contribution in [0.15, 0.2) is 40.8 Å². The minimum atomic E-state index is -0.714. The van der Waals surface area contributed by atoms with E-state index in [1.165, 1.54) is 0 Å². The smallest absolute Gasteiger partial charge is 0.255 e. The molecule has 2 aliphatic rings. The molecular formula is C24H28N2O5. The topological polar surface area (TPSA) is 88.8 Å². The van der Waals surface area contributed by atoms with Crippen LogP contribution < -0.4 is 5.32 Å². The number of fused-ring (bicyclic) bond motifs is 1. The van der Waals surface area contributed by atoms with Gasteiger partial charge in [0.15, 0.2) is 5.78 Å². The molecule has 0 saturated carbocycles. The predicted octanol–water partition coefficient (Wildman–Crippen LogP) is 2.97. The van der Waals surface area contributed by atoms with Crippen LogP contribution in [-0.2, 0) is 14.3 Å². The van der Waals surface area contributed by atoms with Crippen LogP contribution in [0.25, 0.3) is 11.3 Å². The van der Waals surface area contributed by atoms with E-state index in [9.17, 15) is 14.4 Å². The molecular weight excluding hydrogens is 396 g/mol. The lowest BCUT2D eigenvalue weighted by atomic mass is 10.0. The van der Waals surface area contributed by atoms with Crippen molar-refractivity contribution in [2.75, 3.05) is 13.2 Å². The number of carbonyl (C=O) groups excluding carboxylic acids is 3. The molecule has 0 radical (unpaired) electrons. The third-order valence-corrected chi connectivity index (χ3v) is 5.93. The number of rotatable bonds is 6. The van der Waals surface area contributed by atoms with Crippen molar-refractivity contribution in [3.8, 4) is 11.3 Å². The molecule has 2 aromatic rings. The van der Waals surface area contributed by atoms with E-state index < -0.39 is 12.1 Å². The minimum Gasteiger partial charge on any atom is -0.461 e. The van der Waals surface area contributed by atoms with E-state index in [1.54, 1.807) is 17.9 Å². The van der Waals surface area contributed by atoms with Crippen molar-refractivity contribution in [3.05, 3.63) is 47.7 Å². The maximum atomic E-state index is 13.3. The van der Waals surface area contributed by atoms with Gasteiger partial charge in [-0.25, -0.2) is 0 Å². The molecule has 31 heavy (non-hydrogen) atoms. The van der Waals surface area contributed by atoms with Crippen molar-refractivity contribution in [1.82, 2.24) is 10.2 Å². The van der Waals surface area contributed by atoms with E-state index in [4.69, 9.17) is 9.15 Å². The lowest BCUT2D eigenvalue weighted by molar-refractivity contribution is -0.138. The summed E-state index contributed by atoms with van der Waals surface area (Å²) >= 11 is 0. The molecule has 0 aliphatic carbocycles. The summed E-state index contributed by atoms with van der Waals surface area (Å²) in [6.07, 6.45) is 0.901. The minimum absolute atomic E-state index is 0.0524. The van der Waals surface area contributed by atoms with Gasteiger partial charge in [-0.2, -0.15) is 0 Å². The monoisotopic (exact) mass is 424 g/mol. The molecule has 1 aromatic heterocycles. The second kappa shape index (κ2) is 8.67. The number of nitrogens with zero attached hydrogens (tertiary/aromatic N) is 1. The van der Waals surface area contributed by atoms with Crippen LogP contribution in [0.3, 0.4) is 0 Å². The van der Waals surface area contributed by atoms with Gasteiger partial charge in [-0.15, -0.1) is 0 Å². The quantitative estimate of drug-likeness (QED) is 0.770. The Morgan fingerprint density at radius 3 is 2.68 bits per heavy atom. The molecule has 7 nitrogen and oxygen atoms in total. The first-order chi connectivity index (χ1) is 14.8. The second-order valence-electron chi connectivity index (χ2n) is 8.68. The van der Waals surface area contributed by atoms with Crippen molar-refractivity contribution in [2.45, 2.75) is 51.8 Å². The highest BCUT2D eigenvalue weighted by atomic mass is 16.5. The Hall–Kier alpha value is -2.93. The number of amides is 2.